The molecule has 0 amide bonds. The molecule has 0 unspecified atom stereocenters. The molecule has 5 heteroatoms. The van der Waals surface area contributed by atoms with Crippen LogP contribution in [0.4, 0.5) is 0 Å². The van der Waals surface area contributed by atoms with Crippen LogP contribution in [0.2, 0.25) is 0 Å². The van der Waals surface area contributed by atoms with Gasteiger partial charge in [-0.15, -0.1) is 0 Å². The Balaban J connectivity index is 1.93. The summed E-state index contributed by atoms with van der Waals surface area (Å²) in [5.41, 5.74) is 3.34. The van der Waals surface area contributed by atoms with Crippen LogP contribution >= 0.6 is 0 Å². The van der Waals surface area contributed by atoms with Crippen molar-refractivity contribution >= 4 is 0 Å². The number of aryl methyl sites for hydroxylation is 1. The summed E-state index contributed by atoms with van der Waals surface area (Å²) in [6.07, 6.45) is 1.88. The maximum Gasteiger partial charge on any atom is 0.127 e. The number of aromatic nitrogens is 2. The fourth-order valence-corrected chi connectivity index (χ4v) is 2.28. The lowest BCUT2D eigenvalue weighted by Crippen LogP contribution is -2.20. The summed E-state index contributed by atoms with van der Waals surface area (Å²) in [7, 11) is 3.35. The second-order valence-electron chi connectivity index (χ2n) is 4.93. The van der Waals surface area contributed by atoms with Crippen molar-refractivity contribution in [1.82, 2.24) is 14.9 Å². The number of nitrogens with one attached hydrogen (secondary N) is 1. The largest absolute Gasteiger partial charge is 0.496 e. The third kappa shape index (κ3) is 3.55. The molecule has 0 saturated heterocycles. The highest BCUT2D eigenvalue weighted by Gasteiger charge is 2.09. The average Bonchev–Trinajstić information content (AvgIpc) is 2.83. The number of imidazole rings is 1. The fourth-order valence-electron chi connectivity index (χ4n) is 2.28. The molecular formula is C16H23N3O2. The molecule has 1 N–H and O–H groups in total. The molecule has 2 aromatic rings. The lowest BCUT2D eigenvalue weighted by Gasteiger charge is -2.14. The molecule has 0 atom stereocenters. The van der Waals surface area contributed by atoms with Gasteiger partial charge >= 0.3 is 0 Å². The molecule has 0 aliphatic rings. The zero-order chi connectivity index (χ0) is 15.2. The Kier molecular flexibility index (Phi) is 5.22. The number of hydrogen-bond acceptors (Lipinski definition) is 4. The van der Waals surface area contributed by atoms with Crippen LogP contribution in [0.25, 0.3) is 0 Å². The molecule has 0 radical (unpaired) electrons. The van der Waals surface area contributed by atoms with Crippen LogP contribution in [-0.2, 0) is 13.1 Å². The summed E-state index contributed by atoms with van der Waals surface area (Å²) in [5, 5.41) is 3.43. The summed E-state index contributed by atoms with van der Waals surface area (Å²) < 4.78 is 12.9. The van der Waals surface area contributed by atoms with Gasteiger partial charge in [0.1, 0.15) is 11.5 Å². The van der Waals surface area contributed by atoms with E-state index in [1.165, 1.54) is 5.69 Å². The van der Waals surface area contributed by atoms with E-state index < -0.39 is 0 Å². The predicted octanol–water partition coefficient (Wildman–Crippen LogP) is 2.31. The third-order valence-electron chi connectivity index (χ3n) is 3.71. The van der Waals surface area contributed by atoms with Crippen molar-refractivity contribution < 1.29 is 9.47 Å². The van der Waals surface area contributed by atoms with Crippen molar-refractivity contribution in [1.29, 1.82) is 0 Å². The summed E-state index contributed by atoms with van der Waals surface area (Å²) >= 11 is 0. The summed E-state index contributed by atoms with van der Waals surface area (Å²) in [6.45, 7) is 6.58. The van der Waals surface area contributed by atoms with E-state index in [4.69, 9.17) is 9.47 Å². The van der Waals surface area contributed by atoms with E-state index in [9.17, 15) is 0 Å². The Bertz CT molecular complexity index is 571. The molecule has 114 valence electrons. The van der Waals surface area contributed by atoms with Gasteiger partial charge in [0.05, 0.1) is 26.2 Å². The van der Waals surface area contributed by atoms with Crippen LogP contribution in [0.1, 0.15) is 17.0 Å². The number of rotatable bonds is 7. The minimum Gasteiger partial charge on any atom is -0.496 e. The van der Waals surface area contributed by atoms with E-state index in [0.717, 1.165) is 35.8 Å². The number of methoxy groups -OCH3 is 2. The van der Waals surface area contributed by atoms with E-state index in [1.54, 1.807) is 14.2 Å². The van der Waals surface area contributed by atoms with Crippen molar-refractivity contribution in [3.8, 4) is 11.5 Å². The molecule has 21 heavy (non-hydrogen) atoms. The first-order chi connectivity index (χ1) is 10.2. The quantitative estimate of drug-likeness (QED) is 0.795. The zero-order valence-corrected chi connectivity index (χ0v) is 13.1. The number of nitrogens with zero attached hydrogens (tertiary/aromatic N) is 2. The van der Waals surface area contributed by atoms with Crippen LogP contribution in [-0.4, -0.2) is 30.3 Å². The molecule has 0 aliphatic heterocycles. The summed E-state index contributed by atoms with van der Waals surface area (Å²) in [4.78, 5) is 4.30. The van der Waals surface area contributed by atoms with Crippen LogP contribution < -0.4 is 14.8 Å². The van der Waals surface area contributed by atoms with Crippen molar-refractivity contribution in [3.63, 3.8) is 0 Å². The average molecular weight is 289 g/mol. The van der Waals surface area contributed by atoms with Gasteiger partial charge in [-0.3, -0.25) is 0 Å². The molecule has 1 aromatic carbocycles. The number of ether oxygens (including phenoxy) is 2. The van der Waals surface area contributed by atoms with E-state index in [1.807, 2.05) is 31.5 Å². The van der Waals surface area contributed by atoms with E-state index >= 15 is 0 Å². The molecule has 0 bridgehead atoms. The van der Waals surface area contributed by atoms with Gasteiger partial charge in [-0.05, 0) is 26.0 Å². The smallest absolute Gasteiger partial charge is 0.127 e. The molecule has 2 rings (SSSR count). The van der Waals surface area contributed by atoms with Crippen LogP contribution in [0.15, 0.2) is 24.5 Å². The minimum atomic E-state index is 0.708. The minimum absolute atomic E-state index is 0.708. The Hall–Kier alpha value is -2.01. The molecule has 0 aliphatic carbocycles. The first-order valence-corrected chi connectivity index (χ1v) is 7.06. The van der Waals surface area contributed by atoms with Gasteiger partial charge in [-0.25, -0.2) is 4.98 Å². The normalized spacial score (nSPS) is 10.7. The molecule has 0 spiro atoms. The van der Waals surface area contributed by atoms with Crippen molar-refractivity contribution in [3.05, 3.63) is 41.5 Å². The van der Waals surface area contributed by atoms with Gasteiger partial charge in [0.15, 0.2) is 0 Å². The second kappa shape index (κ2) is 7.13. The SMILES string of the molecule is COc1cccc(OC)c1CNCCn1cnc(C)c1C. The maximum absolute atomic E-state index is 5.39. The van der Waals surface area contributed by atoms with Gasteiger partial charge < -0.3 is 19.4 Å². The van der Waals surface area contributed by atoms with Crippen molar-refractivity contribution in [2.24, 2.45) is 0 Å². The Morgan fingerprint density at radius 1 is 1.14 bits per heavy atom. The summed E-state index contributed by atoms with van der Waals surface area (Å²) in [5.74, 6) is 1.69. The first kappa shape index (κ1) is 15.4. The van der Waals surface area contributed by atoms with Gasteiger partial charge in [0, 0.05) is 30.9 Å². The van der Waals surface area contributed by atoms with Gasteiger partial charge in [0.25, 0.3) is 0 Å². The first-order valence-electron chi connectivity index (χ1n) is 7.06. The molecule has 1 aromatic heterocycles. The second-order valence-corrected chi connectivity index (χ2v) is 4.93. The van der Waals surface area contributed by atoms with E-state index in [2.05, 4.69) is 21.8 Å². The molecular weight excluding hydrogens is 266 g/mol. The lowest BCUT2D eigenvalue weighted by molar-refractivity contribution is 0.382. The number of hydrogen-bond donors (Lipinski definition) is 1. The summed E-state index contributed by atoms with van der Waals surface area (Å²) in [6, 6.07) is 5.82. The van der Waals surface area contributed by atoms with Crippen molar-refractivity contribution in [2.75, 3.05) is 20.8 Å². The highest BCUT2D eigenvalue weighted by Crippen LogP contribution is 2.27. The van der Waals surface area contributed by atoms with E-state index in [0.29, 0.717) is 6.54 Å². The predicted molar refractivity (Wildman–Crippen MR) is 83.0 cm³/mol. The lowest BCUT2D eigenvalue weighted by atomic mass is 10.1. The highest BCUT2D eigenvalue weighted by atomic mass is 16.5. The highest BCUT2D eigenvalue weighted by molar-refractivity contribution is 5.44. The molecule has 0 fully saturated rings. The van der Waals surface area contributed by atoms with Crippen LogP contribution in [0.5, 0.6) is 11.5 Å². The topological polar surface area (TPSA) is 48.3 Å². The number of benzene rings is 1. The molecule has 5 nitrogen and oxygen atoms in total. The van der Waals surface area contributed by atoms with Crippen molar-refractivity contribution in [2.45, 2.75) is 26.9 Å². The van der Waals surface area contributed by atoms with Gasteiger partial charge in [-0.2, -0.15) is 0 Å². The van der Waals surface area contributed by atoms with Crippen LogP contribution in [0.3, 0.4) is 0 Å². The van der Waals surface area contributed by atoms with Gasteiger partial charge in [0.2, 0.25) is 0 Å². The zero-order valence-electron chi connectivity index (χ0n) is 13.1. The Morgan fingerprint density at radius 2 is 1.81 bits per heavy atom. The monoisotopic (exact) mass is 289 g/mol. The molecule has 0 saturated carbocycles. The fraction of sp³-hybridized carbons (Fsp3) is 0.438. The maximum atomic E-state index is 5.39. The Morgan fingerprint density at radius 3 is 2.33 bits per heavy atom. The van der Waals surface area contributed by atoms with E-state index in [-0.39, 0.29) is 0 Å². The standard InChI is InChI=1S/C16H23N3O2/c1-12-13(2)19(11-18-12)9-8-17-10-14-15(20-3)6-5-7-16(14)21-4/h5-7,11,17H,8-10H2,1-4H3. The third-order valence-corrected chi connectivity index (χ3v) is 3.71. The van der Waals surface area contributed by atoms with Gasteiger partial charge in [-0.1, -0.05) is 6.07 Å². The van der Waals surface area contributed by atoms with Crippen LogP contribution in [0, 0.1) is 13.8 Å². The molecule has 1 heterocycles. The Labute approximate surface area is 125 Å².